The summed E-state index contributed by atoms with van der Waals surface area (Å²) in [5.41, 5.74) is 0. The van der Waals surface area contributed by atoms with Gasteiger partial charge >= 0.3 is 23.9 Å². The number of carbonyl (C=O) groups is 4. The first kappa shape index (κ1) is 67.6. The van der Waals surface area contributed by atoms with Crippen molar-refractivity contribution in [3.8, 4) is 0 Å². The molecule has 0 aromatic heterocycles. The van der Waals surface area contributed by atoms with Crippen LogP contribution < -0.4 is 0 Å². The summed E-state index contributed by atoms with van der Waals surface area (Å²) in [6.45, 7) is 5.51. The van der Waals surface area contributed by atoms with Crippen LogP contribution in [0.2, 0.25) is 0 Å². The van der Waals surface area contributed by atoms with E-state index in [0.29, 0.717) is 25.7 Å². The summed E-state index contributed by atoms with van der Waals surface area (Å²) in [6.07, 6.45) is 58.4. The van der Waals surface area contributed by atoms with E-state index in [-0.39, 0.29) is 25.9 Å². The zero-order valence-electron chi connectivity index (χ0n) is 45.7. The standard InChI is InChI=1S/C63H94O12/c1-4-7-10-13-16-19-22-25-27-28-30-32-34-37-40-43-46-49-55(64)71-52-54(73-56(65)50-47-44-41-38-36-33-29-26-23-20-17-14-11-8-5-2)53-72-63-61(59(68)58(67)60(75-63)62(69)70)74-57(66)51-48-45-42-39-35-31-24-21-18-15-12-9-6-3/h7-12,16-21,25-27,29-32,35-38,40,54,58-61,63,67-68H,4-6,13-15,22-24,28,33-34,39,41-53H2,1-3H3,(H,69,70)/b10-7-,11-8-,12-9-,19-16-,20-17-,21-18-,27-25-,29-26-,32-30-,35-31-,38-36-,40-37-. The van der Waals surface area contributed by atoms with Crippen molar-refractivity contribution in [3.63, 3.8) is 0 Å². The summed E-state index contributed by atoms with van der Waals surface area (Å²) in [5, 5.41) is 31.4. The summed E-state index contributed by atoms with van der Waals surface area (Å²) in [4.78, 5) is 51.0. The summed E-state index contributed by atoms with van der Waals surface area (Å²) in [6, 6.07) is 0. The molecule has 0 amide bonds. The van der Waals surface area contributed by atoms with Crippen LogP contribution in [-0.4, -0.2) is 89.2 Å². The third kappa shape index (κ3) is 39.7. The molecule has 12 heteroatoms. The van der Waals surface area contributed by atoms with Crippen molar-refractivity contribution in [3.05, 3.63) is 146 Å². The molecule has 1 fully saturated rings. The van der Waals surface area contributed by atoms with Crippen molar-refractivity contribution >= 4 is 23.9 Å². The van der Waals surface area contributed by atoms with Crippen LogP contribution in [0, 0.1) is 0 Å². The molecule has 1 heterocycles. The van der Waals surface area contributed by atoms with Crippen LogP contribution in [0.4, 0.5) is 0 Å². The monoisotopic (exact) mass is 1040 g/mol. The minimum Gasteiger partial charge on any atom is -0.479 e. The second kappa shape index (κ2) is 49.5. The van der Waals surface area contributed by atoms with Crippen molar-refractivity contribution in [1.29, 1.82) is 0 Å². The van der Waals surface area contributed by atoms with Crippen LogP contribution in [-0.2, 0) is 42.9 Å². The second-order valence-electron chi connectivity index (χ2n) is 18.1. The Balaban J connectivity index is 2.81. The van der Waals surface area contributed by atoms with Gasteiger partial charge in [-0.15, -0.1) is 0 Å². The van der Waals surface area contributed by atoms with Gasteiger partial charge in [0.1, 0.15) is 18.8 Å². The van der Waals surface area contributed by atoms with Crippen molar-refractivity contribution in [2.75, 3.05) is 13.2 Å². The van der Waals surface area contributed by atoms with Crippen LogP contribution >= 0.6 is 0 Å². The summed E-state index contributed by atoms with van der Waals surface area (Å²) < 4.78 is 28.2. The van der Waals surface area contributed by atoms with Crippen LogP contribution in [0.25, 0.3) is 0 Å². The lowest BCUT2D eigenvalue weighted by molar-refractivity contribution is -0.301. The fourth-order valence-corrected chi connectivity index (χ4v) is 7.23. The molecule has 12 nitrogen and oxygen atoms in total. The number of hydrogen-bond acceptors (Lipinski definition) is 11. The van der Waals surface area contributed by atoms with Gasteiger partial charge in [0.05, 0.1) is 6.61 Å². The molecule has 0 radical (unpaired) electrons. The Hall–Kier alpha value is -5.40. The first-order valence-corrected chi connectivity index (χ1v) is 27.8. The van der Waals surface area contributed by atoms with Gasteiger partial charge in [0, 0.05) is 19.3 Å². The van der Waals surface area contributed by atoms with E-state index in [2.05, 4.69) is 154 Å². The van der Waals surface area contributed by atoms with Gasteiger partial charge in [-0.3, -0.25) is 14.4 Å². The Morgan fingerprint density at radius 1 is 0.440 bits per heavy atom. The Kier molecular flexibility index (Phi) is 44.6. The van der Waals surface area contributed by atoms with Crippen molar-refractivity contribution in [2.24, 2.45) is 0 Å². The molecule has 0 bridgehead atoms. The third-order valence-corrected chi connectivity index (χ3v) is 11.4. The molecule has 1 rings (SSSR count). The van der Waals surface area contributed by atoms with E-state index in [0.717, 1.165) is 109 Å². The lowest BCUT2D eigenvalue weighted by Crippen LogP contribution is -2.61. The number of carboxylic acids is 1. The van der Waals surface area contributed by atoms with Gasteiger partial charge < -0.3 is 39.0 Å². The largest absolute Gasteiger partial charge is 0.479 e. The van der Waals surface area contributed by atoms with E-state index in [4.69, 9.17) is 23.7 Å². The van der Waals surface area contributed by atoms with E-state index < -0.39 is 67.3 Å². The SMILES string of the molecule is CC/C=C\C/C=C\C/C=C\C/C=C\C/C=C\CCCC(=O)OCC(COC1OC(C(=O)O)C(O)C(O)C1OC(=O)CCCCC/C=C\C/C=C\C/C=C\CC)OC(=O)CCCC/C=C\C/C=C\C/C=C\C/C=C\CC. The lowest BCUT2D eigenvalue weighted by Gasteiger charge is -2.40. The molecular weight excluding hydrogens is 949 g/mol. The molecule has 1 aliphatic heterocycles. The highest BCUT2D eigenvalue weighted by Gasteiger charge is 2.50. The highest BCUT2D eigenvalue weighted by molar-refractivity contribution is 5.74. The second-order valence-corrected chi connectivity index (χ2v) is 18.1. The molecule has 0 aliphatic carbocycles. The minimum absolute atomic E-state index is 0.00563. The number of carboxylic acid groups (broad SMARTS) is 1. The third-order valence-electron chi connectivity index (χ3n) is 11.4. The topological polar surface area (TPSA) is 175 Å². The van der Waals surface area contributed by atoms with E-state index >= 15 is 0 Å². The average molecular weight is 1040 g/mol. The first-order valence-electron chi connectivity index (χ1n) is 27.8. The van der Waals surface area contributed by atoms with Gasteiger partial charge in [-0.05, 0) is 128 Å². The summed E-state index contributed by atoms with van der Waals surface area (Å²) in [7, 11) is 0. The van der Waals surface area contributed by atoms with Gasteiger partial charge in [0.25, 0.3) is 0 Å². The zero-order chi connectivity index (χ0) is 54.7. The quantitative estimate of drug-likeness (QED) is 0.0228. The van der Waals surface area contributed by atoms with Gasteiger partial charge in [-0.2, -0.15) is 0 Å². The molecule has 6 atom stereocenters. The molecule has 75 heavy (non-hydrogen) atoms. The molecule has 0 saturated carbocycles. The fourth-order valence-electron chi connectivity index (χ4n) is 7.23. The molecule has 0 spiro atoms. The molecule has 0 aromatic rings. The van der Waals surface area contributed by atoms with E-state index in [1.165, 1.54) is 0 Å². The van der Waals surface area contributed by atoms with Crippen LogP contribution in [0.5, 0.6) is 0 Å². The van der Waals surface area contributed by atoms with E-state index in [1.54, 1.807) is 0 Å². The normalized spacial score (nSPS) is 19.3. The maximum absolute atomic E-state index is 13.1. The minimum atomic E-state index is -1.93. The van der Waals surface area contributed by atoms with Gasteiger partial charge in [0.2, 0.25) is 0 Å². The fraction of sp³-hybridized carbons (Fsp3) is 0.556. The Morgan fingerprint density at radius 3 is 1.25 bits per heavy atom. The molecule has 1 aliphatic rings. The van der Waals surface area contributed by atoms with Gasteiger partial charge in [-0.25, -0.2) is 4.79 Å². The smallest absolute Gasteiger partial charge is 0.335 e. The molecule has 3 N–H and O–H groups in total. The number of aliphatic hydroxyl groups excluding tert-OH is 2. The van der Waals surface area contributed by atoms with Gasteiger partial charge in [0.15, 0.2) is 24.6 Å². The van der Waals surface area contributed by atoms with Crippen LogP contribution in [0.3, 0.4) is 0 Å². The van der Waals surface area contributed by atoms with Crippen LogP contribution in [0.15, 0.2) is 146 Å². The number of allylic oxidation sites excluding steroid dienone is 24. The average Bonchev–Trinajstić information content (AvgIpc) is 3.39. The number of ether oxygens (including phenoxy) is 5. The van der Waals surface area contributed by atoms with E-state index in [9.17, 15) is 34.5 Å². The number of aliphatic carboxylic acids is 1. The molecular formula is C63H94O12. The number of hydrogen-bond donors (Lipinski definition) is 3. The molecule has 418 valence electrons. The molecule has 0 aromatic carbocycles. The zero-order valence-corrected chi connectivity index (χ0v) is 45.7. The highest BCUT2D eigenvalue weighted by Crippen LogP contribution is 2.26. The predicted molar refractivity (Wildman–Crippen MR) is 302 cm³/mol. The summed E-state index contributed by atoms with van der Waals surface area (Å²) in [5.74, 6) is -3.33. The maximum Gasteiger partial charge on any atom is 0.335 e. The number of carbonyl (C=O) groups excluding carboxylic acids is 3. The number of unbranched alkanes of at least 4 members (excludes halogenated alkanes) is 6. The van der Waals surface area contributed by atoms with Crippen molar-refractivity contribution in [1.82, 2.24) is 0 Å². The highest BCUT2D eigenvalue weighted by atomic mass is 16.7. The predicted octanol–water partition coefficient (Wildman–Crippen LogP) is 14.0. The van der Waals surface area contributed by atoms with E-state index in [1.807, 2.05) is 12.2 Å². The van der Waals surface area contributed by atoms with Crippen LogP contribution in [0.1, 0.15) is 175 Å². The number of esters is 3. The number of aliphatic hydroxyl groups is 2. The Morgan fingerprint density at radius 2 is 0.813 bits per heavy atom. The first-order chi connectivity index (χ1) is 36.6. The molecule has 1 saturated heterocycles. The van der Waals surface area contributed by atoms with Gasteiger partial charge in [-0.1, -0.05) is 173 Å². The van der Waals surface area contributed by atoms with Crippen molar-refractivity contribution < 1.29 is 58.2 Å². The maximum atomic E-state index is 13.1. The molecule has 6 unspecified atom stereocenters. The van der Waals surface area contributed by atoms with Crippen molar-refractivity contribution in [2.45, 2.75) is 212 Å². The Bertz CT molecular complexity index is 1860. The lowest BCUT2D eigenvalue weighted by atomic mass is 9.98. The summed E-state index contributed by atoms with van der Waals surface area (Å²) >= 11 is 0. The Labute approximate surface area is 451 Å². The number of rotatable bonds is 44.